The van der Waals surface area contributed by atoms with Gasteiger partial charge in [0.2, 0.25) is 5.91 Å². The predicted molar refractivity (Wildman–Crippen MR) is 99.3 cm³/mol. The lowest BCUT2D eigenvalue weighted by Gasteiger charge is -2.18. The zero-order valence-corrected chi connectivity index (χ0v) is 16.5. The molecule has 0 radical (unpaired) electrons. The minimum Gasteiger partial charge on any atom is -0.480 e. The van der Waals surface area contributed by atoms with E-state index in [0.29, 0.717) is 17.7 Å². The van der Waals surface area contributed by atoms with Gasteiger partial charge in [-0.3, -0.25) is 4.79 Å². The SMILES string of the molecule is Cc1cccc(C)c1C[C@@H](NC(=O)Cc1cc(C(F)(F)F)cc(C(F)(F)F)c1)C(=O)O. The fraction of sp³-hybridized carbons (Fsp3) is 0.333. The molecule has 1 amide bonds. The Morgan fingerprint density at radius 3 is 1.84 bits per heavy atom. The van der Waals surface area contributed by atoms with Gasteiger partial charge in [0.05, 0.1) is 17.5 Å². The fourth-order valence-electron chi connectivity index (χ4n) is 3.13. The molecule has 2 aromatic carbocycles. The topological polar surface area (TPSA) is 66.4 Å². The van der Waals surface area contributed by atoms with Crippen molar-refractivity contribution < 1.29 is 41.0 Å². The van der Waals surface area contributed by atoms with E-state index in [9.17, 15) is 41.0 Å². The van der Waals surface area contributed by atoms with Crippen LogP contribution in [0.15, 0.2) is 36.4 Å². The second kappa shape index (κ2) is 8.99. The summed E-state index contributed by atoms with van der Waals surface area (Å²) in [5.41, 5.74) is -1.38. The lowest BCUT2D eigenvalue weighted by Crippen LogP contribution is -2.43. The van der Waals surface area contributed by atoms with E-state index in [1.54, 1.807) is 32.0 Å². The van der Waals surface area contributed by atoms with E-state index >= 15 is 0 Å². The molecule has 2 N–H and O–H groups in total. The maximum atomic E-state index is 13.0. The van der Waals surface area contributed by atoms with Crippen molar-refractivity contribution in [3.05, 3.63) is 69.8 Å². The molecule has 0 spiro atoms. The van der Waals surface area contributed by atoms with Crippen molar-refractivity contribution >= 4 is 11.9 Å². The second-order valence-electron chi connectivity index (χ2n) is 7.12. The van der Waals surface area contributed by atoms with E-state index in [4.69, 9.17) is 0 Å². The Balaban J connectivity index is 2.26. The first kappa shape index (κ1) is 24.2. The van der Waals surface area contributed by atoms with Crippen LogP contribution in [0, 0.1) is 13.8 Å². The van der Waals surface area contributed by atoms with Crippen LogP contribution >= 0.6 is 0 Å². The number of amides is 1. The smallest absolute Gasteiger partial charge is 0.416 e. The number of aliphatic carboxylic acids is 1. The Bertz CT molecular complexity index is 930. The number of carbonyl (C=O) groups is 2. The van der Waals surface area contributed by atoms with Crippen molar-refractivity contribution in [2.24, 2.45) is 0 Å². The molecule has 31 heavy (non-hydrogen) atoms. The molecule has 0 aliphatic heterocycles. The summed E-state index contributed by atoms with van der Waals surface area (Å²) < 4.78 is 77.8. The van der Waals surface area contributed by atoms with Gasteiger partial charge < -0.3 is 10.4 Å². The lowest BCUT2D eigenvalue weighted by atomic mass is 9.96. The minimum absolute atomic E-state index is 0.0393. The highest BCUT2D eigenvalue weighted by Gasteiger charge is 2.37. The van der Waals surface area contributed by atoms with Gasteiger partial charge in [0.25, 0.3) is 0 Å². The number of hydrogen-bond donors (Lipinski definition) is 2. The summed E-state index contributed by atoms with van der Waals surface area (Å²) in [6.45, 7) is 3.51. The van der Waals surface area contributed by atoms with Gasteiger partial charge in [-0.25, -0.2) is 4.79 Å². The zero-order valence-electron chi connectivity index (χ0n) is 16.5. The van der Waals surface area contributed by atoms with Crippen LogP contribution in [-0.2, 0) is 34.8 Å². The highest BCUT2D eigenvalue weighted by molar-refractivity contribution is 5.85. The van der Waals surface area contributed by atoms with Gasteiger partial charge in [-0.2, -0.15) is 26.3 Å². The summed E-state index contributed by atoms with van der Waals surface area (Å²) in [4.78, 5) is 23.8. The quantitative estimate of drug-likeness (QED) is 0.632. The summed E-state index contributed by atoms with van der Waals surface area (Å²) in [5, 5.41) is 11.6. The molecular weight excluding hydrogens is 428 g/mol. The van der Waals surface area contributed by atoms with Crippen LogP contribution in [-0.4, -0.2) is 23.0 Å². The fourth-order valence-corrected chi connectivity index (χ4v) is 3.13. The highest BCUT2D eigenvalue weighted by atomic mass is 19.4. The van der Waals surface area contributed by atoms with E-state index < -0.39 is 53.4 Å². The standard InChI is InChI=1S/C21H19F6NO3/c1-11-4-3-5-12(2)16(11)10-17(19(30)31)28-18(29)8-13-6-14(20(22,23)24)9-15(7-13)21(25,26)27/h3-7,9,17H,8,10H2,1-2H3,(H,28,29)(H,30,31)/t17-/m1/s1. The molecule has 10 heteroatoms. The molecule has 0 saturated heterocycles. The average molecular weight is 447 g/mol. The number of nitrogens with one attached hydrogen (secondary N) is 1. The number of carboxylic acids is 1. The molecule has 1 atom stereocenters. The molecule has 0 fully saturated rings. The van der Waals surface area contributed by atoms with Gasteiger partial charge in [0, 0.05) is 6.42 Å². The third-order valence-electron chi connectivity index (χ3n) is 4.70. The Morgan fingerprint density at radius 2 is 1.42 bits per heavy atom. The van der Waals surface area contributed by atoms with E-state index in [1.807, 2.05) is 0 Å². The Morgan fingerprint density at radius 1 is 0.935 bits per heavy atom. The van der Waals surface area contributed by atoms with Crippen LogP contribution in [0.4, 0.5) is 26.3 Å². The van der Waals surface area contributed by atoms with E-state index in [-0.39, 0.29) is 12.5 Å². The number of halogens is 6. The van der Waals surface area contributed by atoms with Crippen molar-refractivity contribution in [3.63, 3.8) is 0 Å². The molecule has 168 valence electrons. The molecule has 2 aromatic rings. The Hall–Kier alpha value is -3.04. The number of carbonyl (C=O) groups excluding carboxylic acids is 1. The molecule has 0 bridgehead atoms. The molecule has 0 saturated carbocycles. The van der Waals surface area contributed by atoms with Crippen LogP contribution in [0.2, 0.25) is 0 Å². The third kappa shape index (κ3) is 6.47. The zero-order chi connectivity index (χ0) is 23.6. The van der Waals surface area contributed by atoms with E-state index in [0.717, 1.165) is 11.1 Å². The number of aryl methyl sites for hydroxylation is 2. The van der Waals surface area contributed by atoms with Gasteiger partial charge in [0.1, 0.15) is 6.04 Å². The molecule has 0 heterocycles. The summed E-state index contributed by atoms with van der Waals surface area (Å²) in [6.07, 6.45) is -11.0. The molecular formula is C21H19F6NO3. The Kier molecular flexibility index (Phi) is 7.03. The lowest BCUT2D eigenvalue weighted by molar-refractivity contribution is -0.143. The minimum atomic E-state index is -5.04. The molecule has 0 aromatic heterocycles. The molecule has 4 nitrogen and oxygen atoms in total. The summed E-state index contributed by atoms with van der Waals surface area (Å²) in [6, 6.07) is 4.72. The van der Waals surface area contributed by atoms with Gasteiger partial charge >= 0.3 is 18.3 Å². The van der Waals surface area contributed by atoms with Gasteiger partial charge in [-0.05, 0) is 54.3 Å². The number of carboxylic acid groups (broad SMARTS) is 1. The number of benzene rings is 2. The van der Waals surface area contributed by atoms with Crippen LogP contribution in [0.3, 0.4) is 0 Å². The third-order valence-corrected chi connectivity index (χ3v) is 4.70. The predicted octanol–water partition coefficient (Wildman–Crippen LogP) is 4.70. The van der Waals surface area contributed by atoms with Crippen LogP contribution in [0.5, 0.6) is 0 Å². The summed E-state index contributed by atoms with van der Waals surface area (Å²) in [7, 11) is 0. The van der Waals surface area contributed by atoms with Crippen molar-refractivity contribution in [1.82, 2.24) is 5.32 Å². The van der Waals surface area contributed by atoms with Crippen molar-refractivity contribution in [3.8, 4) is 0 Å². The van der Waals surface area contributed by atoms with Gasteiger partial charge in [0.15, 0.2) is 0 Å². The maximum absolute atomic E-state index is 13.0. The molecule has 0 aliphatic carbocycles. The second-order valence-corrected chi connectivity index (χ2v) is 7.12. The van der Waals surface area contributed by atoms with Gasteiger partial charge in [-0.1, -0.05) is 18.2 Å². The number of hydrogen-bond acceptors (Lipinski definition) is 2. The first-order valence-corrected chi connectivity index (χ1v) is 9.04. The van der Waals surface area contributed by atoms with Crippen LogP contribution in [0.1, 0.15) is 33.4 Å². The van der Waals surface area contributed by atoms with Crippen LogP contribution < -0.4 is 5.32 Å². The summed E-state index contributed by atoms with van der Waals surface area (Å²) in [5.74, 6) is -2.39. The first-order chi connectivity index (χ1) is 14.2. The van der Waals surface area contributed by atoms with E-state index in [1.165, 1.54) is 0 Å². The summed E-state index contributed by atoms with van der Waals surface area (Å²) >= 11 is 0. The van der Waals surface area contributed by atoms with E-state index in [2.05, 4.69) is 5.32 Å². The average Bonchev–Trinajstić information content (AvgIpc) is 2.62. The number of alkyl halides is 6. The first-order valence-electron chi connectivity index (χ1n) is 9.04. The normalized spacial score (nSPS) is 13.0. The van der Waals surface area contributed by atoms with Crippen molar-refractivity contribution in [1.29, 1.82) is 0 Å². The largest absolute Gasteiger partial charge is 0.480 e. The monoisotopic (exact) mass is 447 g/mol. The van der Waals surface area contributed by atoms with Crippen molar-refractivity contribution in [2.45, 2.75) is 45.1 Å². The highest BCUT2D eigenvalue weighted by Crippen LogP contribution is 2.36. The maximum Gasteiger partial charge on any atom is 0.416 e. The van der Waals surface area contributed by atoms with Crippen molar-refractivity contribution in [2.75, 3.05) is 0 Å². The Labute approximate surface area is 173 Å². The molecule has 2 rings (SSSR count). The molecule has 0 aliphatic rings. The van der Waals surface area contributed by atoms with Crippen LogP contribution in [0.25, 0.3) is 0 Å². The van der Waals surface area contributed by atoms with Gasteiger partial charge in [-0.15, -0.1) is 0 Å². The molecule has 0 unspecified atom stereocenters. The number of rotatable bonds is 6.